The Balaban J connectivity index is 1.51. The van der Waals surface area contributed by atoms with E-state index in [1.54, 1.807) is 0 Å². The Bertz CT molecular complexity index is 809. The number of nitrogens with one attached hydrogen (secondary N) is 1. The molecule has 3 aromatic rings. The predicted molar refractivity (Wildman–Crippen MR) is 101 cm³/mol. The maximum Gasteiger partial charge on any atom is 0.224 e. The summed E-state index contributed by atoms with van der Waals surface area (Å²) in [5.41, 5.74) is 3.13. The van der Waals surface area contributed by atoms with Gasteiger partial charge in [0, 0.05) is 12.1 Å². The minimum absolute atomic E-state index is 0.0102. The van der Waals surface area contributed by atoms with Gasteiger partial charge in [0.2, 0.25) is 5.91 Å². The van der Waals surface area contributed by atoms with Crippen LogP contribution < -0.4 is 10.1 Å². The quantitative estimate of drug-likeness (QED) is 0.660. The van der Waals surface area contributed by atoms with Crippen LogP contribution in [0.25, 0.3) is 0 Å². The number of hydrogen-bond donors (Lipinski definition) is 1. The molecular formula is C22H21NO2. The Morgan fingerprint density at radius 1 is 0.840 bits per heavy atom. The van der Waals surface area contributed by atoms with Crippen molar-refractivity contribution in [2.75, 3.05) is 5.32 Å². The molecule has 0 bridgehead atoms. The lowest BCUT2D eigenvalue weighted by atomic mass is 10.1. The molecule has 3 nitrogen and oxygen atoms in total. The van der Waals surface area contributed by atoms with Gasteiger partial charge >= 0.3 is 0 Å². The zero-order valence-corrected chi connectivity index (χ0v) is 14.2. The van der Waals surface area contributed by atoms with Gasteiger partial charge in [-0.05, 0) is 55.3 Å². The van der Waals surface area contributed by atoms with Crippen LogP contribution in [0.4, 0.5) is 5.69 Å². The zero-order chi connectivity index (χ0) is 17.5. The van der Waals surface area contributed by atoms with Gasteiger partial charge in [0.1, 0.15) is 11.5 Å². The molecule has 0 spiro atoms. The number of amides is 1. The molecule has 0 saturated heterocycles. The van der Waals surface area contributed by atoms with Crippen LogP contribution in [0.15, 0.2) is 78.9 Å². The molecule has 0 atom stereocenters. The number of aryl methyl sites for hydroxylation is 2. The van der Waals surface area contributed by atoms with Crippen LogP contribution in [-0.4, -0.2) is 5.91 Å². The lowest BCUT2D eigenvalue weighted by molar-refractivity contribution is -0.116. The molecule has 1 amide bonds. The van der Waals surface area contributed by atoms with E-state index in [0.29, 0.717) is 6.42 Å². The van der Waals surface area contributed by atoms with Gasteiger partial charge in [0.15, 0.2) is 0 Å². The molecule has 0 fully saturated rings. The van der Waals surface area contributed by atoms with E-state index < -0.39 is 0 Å². The fraction of sp³-hybridized carbons (Fsp3) is 0.136. The van der Waals surface area contributed by atoms with Gasteiger partial charge in [0.05, 0.1) is 0 Å². The van der Waals surface area contributed by atoms with Crippen molar-refractivity contribution in [2.45, 2.75) is 19.8 Å². The lowest BCUT2D eigenvalue weighted by Crippen LogP contribution is -2.12. The second kappa shape index (κ2) is 8.15. The molecular weight excluding hydrogens is 310 g/mol. The Kier molecular flexibility index (Phi) is 5.47. The molecule has 0 aliphatic heterocycles. The van der Waals surface area contributed by atoms with Gasteiger partial charge in [-0.2, -0.15) is 0 Å². The van der Waals surface area contributed by atoms with Crippen LogP contribution in [0.3, 0.4) is 0 Å². The average molecular weight is 331 g/mol. The minimum atomic E-state index is 0.0102. The number of carbonyl (C=O) groups excluding carboxylic acids is 1. The topological polar surface area (TPSA) is 38.3 Å². The van der Waals surface area contributed by atoms with E-state index in [4.69, 9.17) is 4.74 Å². The summed E-state index contributed by atoms with van der Waals surface area (Å²) in [6, 6.07) is 25.3. The molecule has 0 saturated carbocycles. The fourth-order valence-corrected chi connectivity index (χ4v) is 2.47. The largest absolute Gasteiger partial charge is 0.457 e. The number of rotatable bonds is 6. The van der Waals surface area contributed by atoms with Gasteiger partial charge < -0.3 is 10.1 Å². The monoisotopic (exact) mass is 331 g/mol. The van der Waals surface area contributed by atoms with Crippen molar-refractivity contribution in [3.63, 3.8) is 0 Å². The van der Waals surface area contributed by atoms with Gasteiger partial charge in [-0.25, -0.2) is 0 Å². The summed E-state index contributed by atoms with van der Waals surface area (Å²) in [4.78, 5) is 12.1. The molecule has 0 radical (unpaired) electrons. The highest BCUT2D eigenvalue weighted by Crippen LogP contribution is 2.23. The number of ether oxygens (including phenoxy) is 1. The Morgan fingerprint density at radius 2 is 1.44 bits per heavy atom. The van der Waals surface area contributed by atoms with E-state index in [1.807, 2.05) is 85.8 Å². The summed E-state index contributed by atoms with van der Waals surface area (Å²) in [5, 5.41) is 2.92. The highest BCUT2D eigenvalue weighted by atomic mass is 16.5. The van der Waals surface area contributed by atoms with Gasteiger partial charge in [0.25, 0.3) is 0 Å². The third-order valence-electron chi connectivity index (χ3n) is 3.88. The summed E-state index contributed by atoms with van der Waals surface area (Å²) < 4.78 is 5.79. The van der Waals surface area contributed by atoms with Crippen LogP contribution in [0.5, 0.6) is 11.5 Å². The smallest absolute Gasteiger partial charge is 0.224 e. The molecule has 126 valence electrons. The van der Waals surface area contributed by atoms with Crippen molar-refractivity contribution < 1.29 is 9.53 Å². The molecule has 1 N–H and O–H groups in total. The molecule has 0 aliphatic rings. The third-order valence-corrected chi connectivity index (χ3v) is 3.88. The summed E-state index contributed by atoms with van der Waals surface area (Å²) in [6.07, 6.45) is 1.20. The van der Waals surface area contributed by atoms with Gasteiger partial charge in [-0.3, -0.25) is 4.79 Å². The second-order valence-electron chi connectivity index (χ2n) is 5.97. The standard InChI is InChI=1S/C22H21NO2/c1-17-7-12-20(13-8-17)25-21-14-10-19(11-15-21)23-22(24)16-9-18-5-3-2-4-6-18/h2-8,10-15H,9,16H2,1H3,(H,23,24). The third kappa shape index (κ3) is 5.21. The summed E-state index contributed by atoms with van der Waals surface area (Å²) in [5.74, 6) is 1.55. The zero-order valence-electron chi connectivity index (χ0n) is 14.2. The number of hydrogen-bond acceptors (Lipinski definition) is 2. The van der Waals surface area contributed by atoms with Crippen molar-refractivity contribution in [1.29, 1.82) is 0 Å². The SMILES string of the molecule is Cc1ccc(Oc2ccc(NC(=O)CCc3ccccc3)cc2)cc1. The first-order chi connectivity index (χ1) is 12.2. The number of benzene rings is 3. The first kappa shape index (κ1) is 16.8. The van der Waals surface area contributed by atoms with E-state index in [-0.39, 0.29) is 5.91 Å². The van der Waals surface area contributed by atoms with Crippen molar-refractivity contribution in [1.82, 2.24) is 0 Å². The number of anilines is 1. The molecule has 0 heterocycles. The predicted octanol–water partition coefficient (Wildman–Crippen LogP) is 5.36. The summed E-state index contributed by atoms with van der Waals surface area (Å²) in [7, 11) is 0. The Morgan fingerprint density at radius 3 is 2.08 bits per heavy atom. The van der Waals surface area contributed by atoms with Crippen LogP contribution in [0.2, 0.25) is 0 Å². The van der Waals surface area contributed by atoms with E-state index in [2.05, 4.69) is 5.32 Å². The minimum Gasteiger partial charge on any atom is -0.457 e. The lowest BCUT2D eigenvalue weighted by Gasteiger charge is -2.08. The van der Waals surface area contributed by atoms with Crippen LogP contribution in [0.1, 0.15) is 17.5 Å². The highest BCUT2D eigenvalue weighted by Gasteiger charge is 2.04. The van der Waals surface area contributed by atoms with Crippen molar-refractivity contribution in [2.24, 2.45) is 0 Å². The Labute approximate surface area is 148 Å². The van der Waals surface area contributed by atoms with E-state index in [9.17, 15) is 4.79 Å². The maximum atomic E-state index is 12.1. The first-order valence-corrected chi connectivity index (χ1v) is 8.37. The van der Waals surface area contributed by atoms with Crippen molar-refractivity contribution in [3.05, 3.63) is 90.0 Å². The van der Waals surface area contributed by atoms with E-state index in [1.165, 1.54) is 11.1 Å². The van der Waals surface area contributed by atoms with Gasteiger partial charge in [-0.1, -0.05) is 48.0 Å². The first-order valence-electron chi connectivity index (χ1n) is 8.37. The van der Waals surface area contributed by atoms with E-state index in [0.717, 1.165) is 23.6 Å². The van der Waals surface area contributed by atoms with Crippen molar-refractivity contribution in [3.8, 4) is 11.5 Å². The second-order valence-corrected chi connectivity index (χ2v) is 5.97. The van der Waals surface area contributed by atoms with E-state index >= 15 is 0 Å². The maximum absolute atomic E-state index is 12.1. The molecule has 0 aliphatic carbocycles. The average Bonchev–Trinajstić information content (AvgIpc) is 2.64. The fourth-order valence-electron chi connectivity index (χ4n) is 2.47. The molecule has 3 heteroatoms. The molecule has 3 rings (SSSR count). The Hall–Kier alpha value is -3.07. The highest BCUT2D eigenvalue weighted by molar-refractivity contribution is 5.90. The number of carbonyl (C=O) groups is 1. The van der Waals surface area contributed by atoms with Gasteiger partial charge in [-0.15, -0.1) is 0 Å². The van der Waals surface area contributed by atoms with Crippen LogP contribution in [-0.2, 0) is 11.2 Å². The molecule has 25 heavy (non-hydrogen) atoms. The van der Waals surface area contributed by atoms with Crippen LogP contribution in [0, 0.1) is 6.92 Å². The molecule has 0 unspecified atom stereocenters. The molecule has 3 aromatic carbocycles. The van der Waals surface area contributed by atoms with Crippen LogP contribution >= 0.6 is 0 Å². The summed E-state index contributed by atoms with van der Waals surface area (Å²) in [6.45, 7) is 2.04. The summed E-state index contributed by atoms with van der Waals surface area (Å²) >= 11 is 0. The van der Waals surface area contributed by atoms with Crippen molar-refractivity contribution >= 4 is 11.6 Å². The normalized spacial score (nSPS) is 10.3. The molecule has 0 aromatic heterocycles.